The molecule has 0 radical (unpaired) electrons. The van der Waals surface area contributed by atoms with E-state index in [-0.39, 0.29) is 36.5 Å². The highest BCUT2D eigenvalue weighted by Crippen LogP contribution is 2.39. The smallest absolute Gasteiger partial charge is 0.327 e. The summed E-state index contributed by atoms with van der Waals surface area (Å²) < 4.78 is 0. The topological polar surface area (TPSA) is 146 Å². The molecule has 0 spiro atoms. The van der Waals surface area contributed by atoms with Gasteiger partial charge in [-0.2, -0.15) is 5.48 Å². The number of pyridine rings is 1. The summed E-state index contributed by atoms with van der Waals surface area (Å²) >= 11 is 0. The van der Waals surface area contributed by atoms with Crippen LogP contribution in [0.3, 0.4) is 0 Å². The van der Waals surface area contributed by atoms with Crippen molar-refractivity contribution in [2.75, 3.05) is 6.54 Å². The fourth-order valence-electron chi connectivity index (χ4n) is 5.84. The highest BCUT2D eigenvalue weighted by molar-refractivity contribution is 6.22. The zero-order chi connectivity index (χ0) is 30.7. The molecule has 11 heteroatoms. The van der Waals surface area contributed by atoms with Crippen LogP contribution in [0.5, 0.6) is 0 Å². The fraction of sp³-hybridized carbons (Fsp3) is 0.312. The van der Waals surface area contributed by atoms with E-state index in [9.17, 15) is 29.1 Å². The van der Waals surface area contributed by atoms with E-state index in [2.05, 4.69) is 10.5 Å². The quantitative estimate of drug-likeness (QED) is 0.242. The maximum Gasteiger partial charge on any atom is 0.327 e. The van der Waals surface area contributed by atoms with Crippen molar-refractivity contribution in [3.8, 4) is 0 Å². The number of carbonyl (C=O) groups excluding carboxylic acids is 4. The van der Waals surface area contributed by atoms with Gasteiger partial charge in [0.15, 0.2) is 0 Å². The van der Waals surface area contributed by atoms with Crippen LogP contribution >= 0.6 is 0 Å². The number of likely N-dealkylation sites (tertiary alicyclic amines) is 1. The Morgan fingerprint density at radius 2 is 1.53 bits per heavy atom. The van der Waals surface area contributed by atoms with Crippen LogP contribution in [0.25, 0.3) is 0 Å². The zero-order valence-electron chi connectivity index (χ0n) is 23.8. The zero-order valence-corrected chi connectivity index (χ0v) is 23.8. The van der Waals surface area contributed by atoms with Crippen molar-refractivity contribution < 1.29 is 33.9 Å². The van der Waals surface area contributed by atoms with Crippen LogP contribution in [0.2, 0.25) is 0 Å². The average Bonchev–Trinajstić information content (AvgIpc) is 3.34. The number of aromatic nitrogens is 1. The van der Waals surface area contributed by atoms with Gasteiger partial charge in [-0.3, -0.25) is 38.8 Å². The average molecular weight is 585 g/mol. The maximum absolute atomic E-state index is 14.4. The second kappa shape index (κ2) is 12.2. The third-order valence-corrected chi connectivity index (χ3v) is 7.82. The summed E-state index contributed by atoms with van der Waals surface area (Å²) in [5.74, 6) is -5.63. The van der Waals surface area contributed by atoms with Gasteiger partial charge in [-0.05, 0) is 47.7 Å². The molecular weight excluding hydrogens is 552 g/mol. The number of carboxylic acid groups (broad SMARTS) is 1. The molecule has 3 aromatic rings. The molecule has 0 saturated carbocycles. The third kappa shape index (κ3) is 5.69. The van der Waals surface area contributed by atoms with Gasteiger partial charge in [0.2, 0.25) is 5.91 Å². The van der Waals surface area contributed by atoms with Crippen molar-refractivity contribution in [3.63, 3.8) is 0 Å². The van der Waals surface area contributed by atoms with Gasteiger partial charge < -0.3 is 5.11 Å². The molecule has 5 rings (SSSR count). The Labute approximate surface area is 248 Å². The van der Waals surface area contributed by atoms with Crippen molar-refractivity contribution in [1.29, 1.82) is 0 Å². The molecule has 2 aliphatic rings. The Morgan fingerprint density at radius 3 is 2.12 bits per heavy atom. The van der Waals surface area contributed by atoms with Crippen LogP contribution in [-0.2, 0) is 32.2 Å². The third-order valence-electron chi connectivity index (χ3n) is 7.82. The van der Waals surface area contributed by atoms with E-state index in [1.165, 1.54) is 24.5 Å². The number of benzene rings is 2. The van der Waals surface area contributed by atoms with Crippen molar-refractivity contribution in [2.45, 2.75) is 44.9 Å². The van der Waals surface area contributed by atoms with Crippen LogP contribution in [0, 0.1) is 11.8 Å². The van der Waals surface area contributed by atoms with E-state index < -0.39 is 53.6 Å². The van der Waals surface area contributed by atoms with Crippen molar-refractivity contribution in [1.82, 2.24) is 20.3 Å². The minimum absolute atomic E-state index is 0.0429. The molecule has 1 unspecified atom stereocenters. The van der Waals surface area contributed by atoms with Crippen molar-refractivity contribution >= 4 is 29.6 Å². The molecule has 3 heterocycles. The van der Waals surface area contributed by atoms with Crippen molar-refractivity contribution in [3.05, 3.63) is 101 Å². The Morgan fingerprint density at radius 1 is 0.930 bits per heavy atom. The molecule has 2 aliphatic heterocycles. The van der Waals surface area contributed by atoms with E-state index in [1.807, 2.05) is 44.2 Å². The minimum Gasteiger partial charge on any atom is -0.480 e. The molecule has 1 fully saturated rings. The summed E-state index contributed by atoms with van der Waals surface area (Å²) in [6, 6.07) is 17.2. The Kier molecular flexibility index (Phi) is 8.47. The first-order valence-electron chi connectivity index (χ1n) is 14.0. The van der Waals surface area contributed by atoms with E-state index in [4.69, 9.17) is 4.84 Å². The van der Waals surface area contributed by atoms with Crippen LogP contribution in [0.4, 0.5) is 0 Å². The molecule has 222 valence electrons. The molecule has 2 N–H and O–H groups in total. The minimum atomic E-state index is -1.76. The summed E-state index contributed by atoms with van der Waals surface area (Å²) in [5.41, 5.74) is 2.85. The fourth-order valence-corrected chi connectivity index (χ4v) is 5.84. The summed E-state index contributed by atoms with van der Waals surface area (Å²) in [7, 11) is 0. The lowest BCUT2D eigenvalue weighted by atomic mass is 9.79. The molecule has 0 bridgehead atoms. The van der Waals surface area contributed by atoms with E-state index in [0.717, 1.165) is 15.4 Å². The summed E-state index contributed by atoms with van der Waals surface area (Å²) in [5, 5.41) is 10.2. The highest BCUT2D eigenvalue weighted by atomic mass is 16.6. The number of hydrogen-bond donors (Lipinski definition) is 2. The first kappa shape index (κ1) is 29.7. The van der Waals surface area contributed by atoms with Gasteiger partial charge in [0, 0.05) is 25.4 Å². The molecule has 43 heavy (non-hydrogen) atoms. The van der Waals surface area contributed by atoms with Gasteiger partial charge in [-0.15, -0.1) is 0 Å². The Hall–Kier alpha value is -4.74. The lowest BCUT2D eigenvalue weighted by Gasteiger charge is -2.35. The Balaban J connectivity index is 1.54. The molecule has 3 atom stereocenters. The Bertz CT molecular complexity index is 1510. The number of fused-ring (bicyclic) bond motifs is 1. The molecular formula is C32H32N4O7. The summed E-state index contributed by atoms with van der Waals surface area (Å²) in [6.45, 7) is 3.31. The van der Waals surface area contributed by atoms with Crippen LogP contribution in [-0.4, -0.2) is 67.6 Å². The van der Waals surface area contributed by atoms with Gasteiger partial charge in [-0.25, -0.2) is 4.79 Å². The molecule has 0 aliphatic carbocycles. The van der Waals surface area contributed by atoms with Gasteiger partial charge in [0.25, 0.3) is 17.7 Å². The number of carbonyl (C=O) groups is 5. The molecule has 2 aromatic carbocycles. The lowest BCUT2D eigenvalue weighted by Crippen LogP contribution is -2.59. The standard InChI is InChI=1S/C32H32N4O7/c1-20(2)17-32(34-43-19-22-8-4-3-5-9-22)25(18-35-27(37)23-10-6-7-11-24(23)28(35)38)29(39)36(31(32)42)26(30(40)41)16-21-12-14-33-15-13-21/h3-15,20,25-26,34H,16-19H2,1-2H3,(H,40,41)/t25-,26?,32+/m0/s1. The number of nitrogens with one attached hydrogen (secondary N) is 1. The number of rotatable bonds is 12. The maximum atomic E-state index is 14.4. The molecule has 1 saturated heterocycles. The van der Waals surface area contributed by atoms with Crippen LogP contribution < -0.4 is 5.48 Å². The molecule has 11 nitrogen and oxygen atoms in total. The normalized spacial score (nSPS) is 20.7. The number of amides is 4. The van der Waals surface area contributed by atoms with Crippen LogP contribution in [0.15, 0.2) is 79.1 Å². The second-order valence-electron chi connectivity index (χ2n) is 11.2. The highest BCUT2D eigenvalue weighted by Gasteiger charge is 2.63. The lowest BCUT2D eigenvalue weighted by molar-refractivity contribution is -0.156. The SMILES string of the molecule is CC(C)C[C@]1(NOCc2ccccc2)C(=O)N(C(Cc2ccncc2)C(=O)O)C(=O)[C@@H]1CN1C(=O)c2ccccc2C1=O. The largest absolute Gasteiger partial charge is 0.480 e. The van der Waals surface area contributed by atoms with Crippen LogP contribution in [0.1, 0.15) is 52.1 Å². The predicted octanol–water partition coefficient (Wildman–Crippen LogP) is 2.86. The number of aliphatic carboxylic acids is 1. The van der Waals surface area contributed by atoms with E-state index in [1.54, 1.807) is 24.3 Å². The van der Waals surface area contributed by atoms with Gasteiger partial charge in [0.1, 0.15) is 11.6 Å². The number of hydroxylamine groups is 1. The van der Waals surface area contributed by atoms with Crippen molar-refractivity contribution in [2.24, 2.45) is 11.8 Å². The molecule has 1 aromatic heterocycles. The monoisotopic (exact) mass is 584 g/mol. The van der Waals surface area contributed by atoms with E-state index >= 15 is 0 Å². The van der Waals surface area contributed by atoms with E-state index in [0.29, 0.717) is 5.56 Å². The molecule has 4 amide bonds. The first-order valence-corrected chi connectivity index (χ1v) is 14.0. The van der Waals surface area contributed by atoms with Gasteiger partial charge >= 0.3 is 5.97 Å². The summed E-state index contributed by atoms with van der Waals surface area (Å²) in [4.78, 5) is 79.4. The summed E-state index contributed by atoms with van der Waals surface area (Å²) in [6.07, 6.45) is 2.90. The first-order chi connectivity index (χ1) is 20.6. The number of hydrogen-bond acceptors (Lipinski definition) is 8. The number of imide groups is 2. The second-order valence-corrected chi connectivity index (χ2v) is 11.2. The number of carboxylic acids is 1. The van der Waals surface area contributed by atoms with Gasteiger partial charge in [0.05, 0.1) is 23.7 Å². The van der Waals surface area contributed by atoms with Gasteiger partial charge in [-0.1, -0.05) is 56.3 Å². The number of nitrogens with zero attached hydrogens (tertiary/aromatic N) is 3. The predicted molar refractivity (Wildman–Crippen MR) is 153 cm³/mol.